The van der Waals surface area contributed by atoms with E-state index in [4.69, 9.17) is 9.47 Å². The molecular weight excluding hydrogens is 486 g/mol. The van der Waals surface area contributed by atoms with Crippen molar-refractivity contribution < 1.29 is 24.0 Å². The Kier molecular flexibility index (Phi) is 10.2. The van der Waals surface area contributed by atoms with Crippen LogP contribution in [0.3, 0.4) is 0 Å². The number of dihydropyridines is 1. The molecule has 2 aromatic rings. The van der Waals surface area contributed by atoms with Crippen LogP contribution in [0.25, 0.3) is 0 Å². The number of esters is 2. The lowest BCUT2D eigenvalue weighted by atomic mass is 9.80. The van der Waals surface area contributed by atoms with Crippen LogP contribution in [0.2, 0.25) is 0 Å². The maximum absolute atomic E-state index is 13.3. The highest BCUT2D eigenvalue weighted by Crippen LogP contribution is 2.40. The standard InChI is InChI=1S/C29H35N3O6/c1-20-25(28(33)37-4)27(23-14-11-15-24(18-23)32(35)36)26(21(2)30-20)29(34)38-17-10-6-9-16-31(3)19-22-12-7-5-8-13-22/h5,7-8,11-15,18,27,30H,6,9-10,16-17,19H2,1-4H3. The van der Waals surface area contributed by atoms with Crippen molar-refractivity contribution in [3.05, 3.63) is 98.4 Å². The third-order valence-electron chi connectivity index (χ3n) is 6.51. The second-order valence-corrected chi connectivity index (χ2v) is 9.40. The first-order chi connectivity index (χ1) is 18.2. The Hall–Kier alpha value is -3.98. The van der Waals surface area contributed by atoms with Gasteiger partial charge in [0.15, 0.2) is 0 Å². The van der Waals surface area contributed by atoms with E-state index in [1.807, 2.05) is 18.2 Å². The normalized spacial score (nSPS) is 15.3. The van der Waals surface area contributed by atoms with Gasteiger partial charge in [-0.25, -0.2) is 9.59 Å². The molecule has 1 heterocycles. The zero-order valence-corrected chi connectivity index (χ0v) is 22.4. The maximum Gasteiger partial charge on any atom is 0.336 e. The lowest BCUT2D eigenvalue weighted by molar-refractivity contribution is -0.384. The second kappa shape index (κ2) is 13.5. The second-order valence-electron chi connectivity index (χ2n) is 9.40. The minimum Gasteiger partial charge on any atom is -0.466 e. The SMILES string of the molecule is COC(=O)C1=C(C)NC(C)=C(C(=O)OCCCCCN(C)Cc2ccccc2)C1c1cccc([N+](=O)[O-])c1. The third-order valence-corrected chi connectivity index (χ3v) is 6.51. The summed E-state index contributed by atoms with van der Waals surface area (Å²) >= 11 is 0. The van der Waals surface area contributed by atoms with Gasteiger partial charge in [-0.3, -0.25) is 10.1 Å². The summed E-state index contributed by atoms with van der Waals surface area (Å²) in [5.41, 5.74) is 3.06. The molecular formula is C29H35N3O6. The maximum atomic E-state index is 13.3. The van der Waals surface area contributed by atoms with Gasteiger partial charge in [0, 0.05) is 30.1 Å². The van der Waals surface area contributed by atoms with Crippen molar-refractivity contribution in [3.8, 4) is 0 Å². The summed E-state index contributed by atoms with van der Waals surface area (Å²) in [6.07, 6.45) is 2.56. The van der Waals surface area contributed by atoms with Crippen LogP contribution < -0.4 is 5.32 Å². The average molecular weight is 522 g/mol. The summed E-state index contributed by atoms with van der Waals surface area (Å²) in [5.74, 6) is -2.05. The first-order valence-electron chi connectivity index (χ1n) is 12.6. The zero-order chi connectivity index (χ0) is 27.7. The van der Waals surface area contributed by atoms with Crippen molar-refractivity contribution >= 4 is 17.6 Å². The highest BCUT2D eigenvalue weighted by Gasteiger charge is 2.38. The number of hydrogen-bond donors (Lipinski definition) is 1. The number of ether oxygens (including phenoxy) is 2. The molecule has 1 aliphatic rings. The molecule has 0 saturated carbocycles. The molecule has 1 N–H and O–H groups in total. The van der Waals surface area contributed by atoms with E-state index in [2.05, 4.69) is 29.4 Å². The number of nitrogens with zero attached hydrogens (tertiary/aromatic N) is 2. The number of non-ortho nitro benzene ring substituents is 1. The topological polar surface area (TPSA) is 111 Å². The van der Waals surface area contributed by atoms with Gasteiger partial charge in [-0.15, -0.1) is 0 Å². The molecule has 202 valence electrons. The van der Waals surface area contributed by atoms with E-state index in [9.17, 15) is 19.7 Å². The molecule has 0 spiro atoms. The van der Waals surface area contributed by atoms with Crippen LogP contribution >= 0.6 is 0 Å². The molecule has 0 radical (unpaired) electrons. The molecule has 1 atom stereocenters. The monoisotopic (exact) mass is 521 g/mol. The number of methoxy groups -OCH3 is 1. The molecule has 2 aromatic carbocycles. The Morgan fingerprint density at radius 2 is 1.66 bits per heavy atom. The molecule has 38 heavy (non-hydrogen) atoms. The number of nitro groups is 1. The van der Waals surface area contributed by atoms with Gasteiger partial charge in [-0.05, 0) is 57.8 Å². The first kappa shape index (κ1) is 28.6. The van der Waals surface area contributed by atoms with E-state index < -0.39 is 22.8 Å². The fourth-order valence-corrected chi connectivity index (χ4v) is 4.67. The lowest BCUT2D eigenvalue weighted by Crippen LogP contribution is -2.32. The van der Waals surface area contributed by atoms with Crippen LogP contribution in [0.4, 0.5) is 5.69 Å². The van der Waals surface area contributed by atoms with Crippen LogP contribution in [0.15, 0.2) is 77.1 Å². The molecule has 3 rings (SSSR count). The minimum absolute atomic E-state index is 0.134. The van der Waals surface area contributed by atoms with Crippen molar-refractivity contribution in [1.82, 2.24) is 10.2 Å². The Balaban J connectivity index is 1.65. The van der Waals surface area contributed by atoms with Gasteiger partial charge in [-0.2, -0.15) is 0 Å². The van der Waals surface area contributed by atoms with Gasteiger partial charge >= 0.3 is 11.9 Å². The first-order valence-corrected chi connectivity index (χ1v) is 12.6. The van der Waals surface area contributed by atoms with Gasteiger partial charge in [0.05, 0.1) is 35.7 Å². The smallest absolute Gasteiger partial charge is 0.336 e. The minimum atomic E-state index is -0.859. The van der Waals surface area contributed by atoms with E-state index in [1.54, 1.807) is 19.9 Å². The molecule has 0 saturated heterocycles. The number of allylic oxidation sites excluding steroid dienone is 2. The van der Waals surface area contributed by atoms with Crippen molar-refractivity contribution in [1.29, 1.82) is 0 Å². The zero-order valence-electron chi connectivity index (χ0n) is 22.4. The highest BCUT2D eigenvalue weighted by molar-refractivity contribution is 5.99. The summed E-state index contributed by atoms with van der Waals surface area (Å²) < 4.78 is 10.6. The predicted octanol–water partition coefficient (Wildman–Crippen LogP) is 4.85. The summed E-state index contributed by atoms with van der Waals surface area (Å²) in [7, 11) is 3.34. The molecule has 1 aliphatic heterocycles. The number of carbonyl (C=O) groups is 2. The molecule has 9 heteroatoms. The van der Waals surface area contributed by atoms with Crippen LogP contribution in [0, 0.1) is 10.1 Å². The molecule has 1 unspecified atom stereocenters. The Morgan fingerprint density at radius 3 is 2.32 bits per heavy atom. The quantitative estimate of drug-likeness (QED) is 0.183. The van der Waals surface area contributed by atoms with Gasteiger partial charge in [0.25, 0.3) is 5.69 Å². The van der Waals surface area contributed by atoms with E-state index in [-0.39, 0.29) is 23.4 Å². The predicted molar refractivity (Wildman–Crippen MR) is 144 cm³/mol. The average Bonchev–Trinajstić information content (AvgIpc) is 2.90. The number of unbranched alkanes of at least 4 members (excludes halogenated alkanes) is 2. The Morgan fingerprint density at radius 1 is 0.974 bits per heavy atom. The summed E-state index contributed by atoms with van der Waals surface area (Å²) in [6.45, 7) is 5.47. The van der Waals surface area contributed by atoms with Crippen molar-refractivity contribution in [2.75, 3.05) is 27.3 Å². The van der Waals surface area contributed by atoms with Gasteiger partial charge in [-0.1, -0.05) is 42.5 Å². The third kappa shape index (κ3) is 7.29. The Bertz CT molecular complexity index is 1220. The Labute approximate surface area is 223 Å². The molecule has 0 aliphatic carbocycles. The largest absolute Gasteiger partial charge is 0.466 e. The fourth-order valence-electron chi connectivity index (χ4n) is 4.67. The van der Waals surface area contributed by atoms with Gasteiger partial charge in [0.1, 0.15) is 0 Å². The molecule has 0 bridgehead atoms. The van der Waals surface area contributed by atoms with Crippen LogP contribution in [0.1, 0.15) is 50.2 Å². The van der Waals surface area contributed by atoms with E-state index in [0.29, 0.717) is 23.4 Å². The molecule has 0 amide bonds. The van der Waals surface area contributed by atoms with E-state index in [0.717, 1.165) is 25.9 Å². The number of nitro benzene ring substituents is 1. The van der Waals surface area contributed by atoms with Crippen molar-refractivity contribution in [2.24, 2.45) is 0 Å². The van der Waals surface area contributed by atoms with Gasteiger partial charge < -0.3 is 19.7 Å². The highest BCUT2D eigenvalue weighted by atomic mass is 16.6. The van der Waals surface area contributed by atoms with Crippen LogP contribution in [-0.2, 0) is 25.6 Å². The molecule has 0 aromatic heterocycles. The van der Waals surface area contributed by atoms with Crippen LogP contribution in [0.5, 0.6) is 0 Å². The van der Waals surface area contributed by atoms with Crippen LogP contribution in [-0.4, -0.2) is 49.1 Å². The van der Waals surface area contributed by atoms with Crippen molar-refractivity contribution in [2.45, 2.75) is 45.6 Å². The number of carbonyl (C=O) groups excluding carboxylic acids is 2. The van der Waals surface area contributed by atoms with Gasteiger partial charge in [0.2, 0.25) is 0 Å². The molecule has 9 nitrogen and oxygen atoms in total. The van der Waals surface area contributed by atoms with E-state index >= 15 is 0 Å². The number of benzene rings is 2. The van der Waals surface area contributed by atoms with E-state index in [1.165, 1.54) is 30.9 Å². The lowest BCUT2D eigenvalue weighted by Gasteiger charge is -2.30. The summed E-state index contributed by atoms with van der Waals surface area (Å²) in [5, 5.41) is 14.5. The fraction of sp³-hybridized carbons (Fsp3) is 0.379. The molecule has 0 fully saturated rings. The number of rotatable bonds is 12. The summed E-state index contributed by atoms with van der Waals surface area (Å²) in [6, 6.07) is 16.2. The van der Waals surface area contributed by atoms with Crippen molar-refractivity contribution in [3.63, 3.8) is 0 Å². The number of hydrogen-bond acceptors (Lipinski definition) is 8. The summed E-state index contributed by atoms with van der Waals surface area (Å²) in [4.78, 5) is 39.2. The number of nitrogens with one attached hydrogen (secondary N) is 1.